The van der Waals surface area contributed by atoms with Crippen LogP contribution in [0.1, 0.15) is 53.0 Å². The van der Waals surface area contributed by atoms with E-state index < -0.39 is 0 Å². The Morgan fingerprint density at radius 2 is 2.23 bits per heavy atom. The Morgan fingerprint density at radius 3 is 2.88 bits per heavy atom. The molecule has 0 spiro atoms. The predicted molar refractivity (Wildman–Crippen MR) is 95.9 cm³/mol. The van der Waals surface area contributed by atoms with Gasteiger partial charge < -0.3 is 14.8 Å². The lowest BCUT2D eigenvalue weighted by Gasteiger charge is -2.24. The second kappa shape index (κ2) is 7.59. The van der Waals surface area contributed by atoms with Crippen molar-refractivity contribution in [3.63, 3.8) is 0 Å². The standard InChI is InChI=1S/C18H27N5O3/c1-11-8-15-16(13(3)26-11)21-23(6-7-25-5)17(15)18(24)19-9-14-10-20-22(4)12(14)2/h10-11,13H,6-9H2,1-5H3,(H,19,24)/t11-,13+/m0/s1. The number of amides is 1. The van der Waals surface area contributed by atoms with Crippen LogP contribution in [-0.4, -0.2) is 45.3 Å². The van der Waals surface area contributed by atoms with Crippen LogP contribution in [0.25, 0.3) is 0 Å². The van der Waals surface area contributed by atoms with Crippen LogP contribution in [0.15, 0.2) is 6.20 Å². The summed E-state index contributed by atoms with van der Waals surface area (Å²) in [7, 11) is 3.53. The van der Waals surface area contributed by atoms with Crippen molar-refractivity contribution in [2.75, 3.05) is 13.7 Å². The van der Waals surface area contributed by atoms with E-state index in [0.717, 1.165) is 22.5 Å². The van der Waals surface area contributed by atoms with Crippen LogP contribution in [0, 0.1) is 6.92 Å². The van der Waals surface area contributed by atoms with Crippen molar-refractivity contribution in [2.24, 2.45) is 7.05 Å². The summed E-state index contributed by atoms with van der Waals surface area (Å²) in [5.74, 6) is -0.126. The third kappa shape index (κ3) is 3.52. The number of nitrogens with one attached hydrogen (secondary N) is 1. The quantitative estimate of drug-likeness (QED) is 0.843. The van der Waals surface area contributed by atoms with Gasteiger partial charge >= 0.3 is 0 Å². The number of aromatic nitrogens is 4. The molecule has 2 aromatic heterocycles. The number of nitrogens with zero attached hydrogens (tertiary/aromatic N) is 4. The third-order valence-electron chi connectivity index (χ3n) is 4.89. The first-order chi connectivity index (χ1) is 12.4. The van der Waals surface area contributed by atoms with Gasteiger partial charge in [0, 0.05) is 43.9 Å². The summed E-state index contributed by atoms with van der Waals surface area (Å²) in [6.45, 7) is 7.44. The maximum Gasteiger partial charge on any atom is 0.270 e. The maximum absolute atomic E-state index is 13.0. The number of methoxy groups -OCH3 is 1. The van der Waals surface area contributed by atoms with Crippen LogP contribution >= 0.6 is 0 Å². The second-order valence-electron chi connectivity index (χ2n) is 6.78. The molecule has 8 heteroatoms. The van der Waals surface area contributed by atoms with E-state index in [1.165, 1.54) is 0 Å². The Labute approximate surface area is 153 Å². The molecule has 26 heavy (non-hydrogen) atoms. The molecule has 0 saturated carbocycles. The predicted octanol–water partition coefficient (Wildman–Crippen LogP) is 1.52. The first kappa shape index (κ1) is 18.6. The van der Waals surface area contributed by atoms with E-state index in [-0.39, 0.29) is 18.1 Å². The molecule has 1 aliphatic heterocycles. The van der Waals surface area contributed by atoms with Gasteiger partial charge in [-0.1, -0.05) is 0 Å². The summed E-state index contributed by atoms with van der Waals surface area (Å²) in [5, 5.41) is 11.9. The topological polar surface area (TPSA) is 83.2 Å². The summed E-state index contributed by atoms with van der Waals surface area (Å²) in [4.78, 5) is 13.0. The normalized spacial score (nSPS) is 19.4. The Balaban J connectivity index is 1.86. The van der Waals surface area contributed by atoms with Gasteiger partial charge in [-0.2, -0.15) is 10.2 Å². The Bertz CT molecular complexity index is 795. The lowest BCUT2D eigenvalue weighted by atomic mass is 9.99. The van der Waals surface area contributed by atoms with Gasteiger partial charge in [0.2, 0.25) is 0 Å². The third-order valence-corrected chi connectivity index (χ3v) is 4.89. The molecule has 8 nitrogen and oxygen atoms in total. The van der Waals surface area contributed by atoms with Crippen LogP contribution in [0.5, 0.6) is 0 Å². The molecule has 1 amide bonds. The van der Waals surface area contributed by atoms with E-state index in [4.69, 9.17) is 9.47 Å². The van der Waals surface area contributed by atoms with Crippen LogP contribution < -0.4 is 5.32 Å². The van der Waals surface area contributed by atoms with Gasteiger partial charge in [0.05, 0.1) is 37.3 Å². The van der Waals surface area contributed by atoms with E-state index in [1.807, 2.05) is 27.8 Å². The fraction of sp³-hybridized carbons (Fsp3) is 0.611. The molecule has 3 rings (SSSR count). The van der Waals surface area contributed by atoms with E-state index in [9.17, 15) is 4.79 Å². The van der Waals surface area contributed by atoms with E-state index >= 15 is 0 Å². The Hall–Kier alpha value is -2.19. The van der Waals surface area contributed by atoms with E-state index in [2.05, 4.69) is 15.5 Å². The highest BCUT2D eigenvalue weighted by Gasteiger charge is 2.32. The number of aryl methyl sites for hydroxylation is 1. The van der Waals surface area contributed by atoms with E-state index in [1.54, 1.807) is 22.7 Å². The number of ether oxygens (including phenoxy) is 2. The monoisotopic (exact) mass is 361 g/mol. The highest BCUT2D eigenvalue weighted by atomic mass is 16.5. The molecule has 1 N–H and O–H groups in total. The lowest BCUT2D eigenvalue weighted by molar-refractivity contribution is -0.00716. The van der Waals surface area contributed by atoms with Gasteiger partial charge in [0.1, 0.15) is 5.69 Å². The molecule has 1 aliphatic rings. The SMILES string of the molecule is COCCn1nc2c(c1C(=O)NCc1cnn(C)c1C)C[C@H](C)O[C@@H]2C. The highest BCUT2D eigenvalue weighted by molar-refractivity contribution is 5.94. The minimum absolute atomic E-state index is 0.0599. The van der Waals surface area contributed by atoms with Crippen LogP contribution in [0.2, 0.25) is 0 Å². The fourth-order valence-corrected chi connectivity index (χ4v) is 3.36. The molecule has 0 aliphatic carbocycles. The molecule has 2 aromatic rings. The van der Waals surface area contributed by atoms with Gasteiger partial charge in [-0.15, -0.1) is 0 Å². The summed E-state index contributed by atoms with van der Waals surface area (Å²) in [6, 6.07) is 0. The molecular weight excluding hydrogens is 334 g/mol. The molecule has 3 heterocycles. The fourth-order valence-electron chi connectivity index (χ4n) is 3.36. The van der Waals surface area contributed by atoms with E-state index in [0.29, 0.717) is 31.8 Å². The van der Waals surface area contributed by atoms with Crippen molar-refractivity contribution in [3.05, 3.63) is 34.4 Å². The molecule has 2 atom stereocenters. The number of hydrogen-bond donors (Lipinski definition) is 1. The zero-order chi connectivity index (χ0) is 18.8. The number of carbonyl (C=O) groups excluding carboxylic acids is 1. The molecule has 0 radical (unpaired) electrons. The smallest absolute Gasteiger partial charge is 0.270 e. The van der Waals surface area contributed by atoms with Crippen molar-refractivity contribution in [3.8, 4) is 0 Å². The maximum atomic E-state index is 13.0. The lowest BCUT2D eigenvalue weighted by Crippen LogP contribution is -2.29. The molecule has 0 aromatic carbocycles. The van der Waals surface area contributed by atoms with Crippen molar-refractivity contribution < 1.29 is 14.3 Å². The molecule has 0 unspecified atom stereocenters. The molecular formula is C18H27N5O3. The summed E-state index contributed by atoms with van der Waals surface area (Å²) >= 11 is 0. The van der Waals surface area contributed by atoms with Gasteiger partial charge in [-0.05, 0) is 20.8 Å². The average molecular weight is 361 g/mol. The zero-order valence-electron chi connectivity index (χ0n) is 16.1. The number of fused-ring (bicyclic) bond motifs is 1. The van der Waals surface area contributed by atoms with Crippen molar-refractivity contribution in [1.82, 2.24) is 24.9 Å². The highest BCUT2D eigenvalue weighted by Crippen LogP contribution is 2.31. The molecule has 0 saturated heterocycles. The first-order valence-corrected chi connectivity index (χ1v) is 8.92. The minimum Gasteiger partial charge on any atom is -0.383 e. The zero-order valence-corrected chi connectivity index (χ0v) is 16.1. The van der Waals surface area contributed by atoms with Crippen molar-refractivity contribution in [2.45, 2.75) is 52.5 Å². The first-order valence-electron chi connectivity index (χ1n) is 8.92. The number of carbonyl (C=O) groups is 1. The van der Waals surface area contributed by atoms with Gasteiger partial charge in [0.25, 0.3) is 5.91 Å². The minimum atomic E-state index is -0.126. The van der Waals surface area contributed by atoms with Crippen LogP contribution in [0.4, 0.5) is 0 Å². The van der Waals surface area contributed by atoms with Crippen molar-refractivity contribution >= 4 is 5.91 Å². The molecule has 0 fully saturated rings. The Kier molecular flexibility index (Phi) is 5.43. The molecule has 0 bridgehead atoms. The number of rotatable bonds is 6. The van der Waals surface area contributed by atoms with Crippen LogP contribution in [0.3, 0.4) is 0 Å². The summed E-state index contributed by atoms with van der Waals surface area (Å²) in [5.41, 5.74) is 4.48. The van der Waals surface area contributed by atoms with Gasteiger partial charge in [-0.3, -0.25) is 14.2 Å². The Morgan fingerprint density at radius 1 is 1.46 bits per heavy atom. The molecule has 142 valence electrons. The summed E-state index contributed by atoms with van der Waals surface area (Å²) < 4.78 is 14.6. The second-order valence-corrected chi connectivity index (χ2v) is 6.78. The summed E-state index contributed by atoms with van der Waals surface area (Å²) in [6.07, 6.45) is 2.40. The average Bonchev–Trinajstić information content (AvgIpc) is 3.12. The van der Waals surface area contributed by atoms with Gasteiger partial charge in [0.15, 0.2) is 0 Å². The number of hydrogen-bond acceptors (Lipinski definition) is 5. The largest absolute Gasteiger partial charge is 0.383 e. The van der Waals surface area contributed by atoms with Crippen molar-refractivity contribution in [1.29, 1.82) is 0 Å². The van der Waals surface area contributed by atoms with Gasteiger partial charge in [-0.25, -0.2) is 0 Å². The van der Waals surface area contributed by atoms with Crippen LogP contribution in [-0.2, 0) is 36.0 Å².